The summed E-state index contributed by atoms with van der Waals surface area (Å²) in [6, 6.07) is 7.26. The number of carbonyl (C=O) groups excluding carboxylic acids is 1. The summed E-state index contributed by atoms with van der Waals surface area (Å²) in [5.74, 6) is 0.762. The second kappa shape index (κ2) is 6.68. The summed E-state index contributed by atoms with van der Waals surface area (Å²) in [6.07, 6.45) is 1.47. The maximum atomic E-state index is 10.7. The van der Waals surface area contributed by atoms with Gasteiger partial charge in [0.25, 0.3) is 0 Å². The number of rotatable bonds is 5. The van der Waals surface area contributed by atoms with E-state index in [0.29, 0.717) is 24.4 Å². The minimum atomic E-state index is 0.317. The Kier molecular flexibility index (Phi) is 4.93. The fourth-order valence-electron chi connectivity index (χ4n) is 2.58. The third-order valence-corrected chi connectivity index (χ3v) is 3.34. The lowest BCUT2D eigenvalue weighted by molar-refractivity contribution is -0.915. The number of carbonyl (C=O) groups is 1. The molecule has 1 N–H and O–H groups in total. The van der Waals surface area contributed by atoms with Crippen molar-refractivity contribution in [2.75, 3.05) is 26.2 Å². The van der Waals surface area contributed by atoms with Crippen LogP contribution in [0.25, 0.3) is 0 Å². The quantitative estimate of drug-likeness (QED) is 0.790. The minimum Gasteiger partial charge on any atom is -0.488 e. The number of quaternary nitrogens is 1. The number of benzene rings is 1. The Balaban J connectivity index is 1.78. The van der Waals surface area contributed by atoms with E-state index in [0.717, 1.165) is 31.7 Å². The summed E-state index contributed by atoms with van der Waals surface area (Å²) < 4.78 is 11.4. The van der Waals surface area contributed by atoms with E-state index in [4.69, 9.17) is 9.47 Å². The molecule has 2 rings (SSSR count). The molecular formula is C15H22NO3+. The molecule has 0 spiro atoms. The lowest BCUT2D eigenvalue weighted by atomic mass is 10.2. The maximum Gasteiger partial charge on any atom is 0.150 e. The zero-order chi connectivity index (χ0) is 13.7. The van der Waals surface area contributed by atoms with E-state index < -0.39 is 0 Å². The van der Waals surface area contributed by atoms with Gasteiger partial charge in [0.2, 0.25) is 0 Å². The Morgan fingerprint density at radius 2 is 2.11 bits per heavy atom. The van der Waals surface area contributed by atoms with Crippen LogP contribution in [0.5, 0.6) is 5.75 Å². The number of hydrogen-bond acceptors (Lipinski definition) is 3. The molecular weight excluding hydrogens is 242 g/mol. The van der Waals surface area contributed by atoms with Crippen LogP contribution in [0.2, 0.25) is 0 Å². The average Bonchev–Trinajstić information content (AvgIpc) is 2.38. The predicted octanol–water partition coefficient (Wildman–Crippen LogP) is 0.570. The molecule has 4 nitrogen and oxygen atoms in total. The summed E-state index contributed by atoms with van der Waals surface area (Å²) in [5.41, 5.74) is 0.651. The zero-order valence-corrected chi connectivity index (χ0v) is 11.6. The molecule has 1 aliphatic heterocycles. The molecule has 0 saturated carbocycles. The van der Waals surface area contributed by atoms with Gasteiger partial charge in [0.1, 0.15) is 50.5 Å². The Morgan fingerprint density at radius 1 is 1.37 bits per heavy atom. The molecule has 104 valence electrons. The Morgan fingerprint density at radius 3 is 2.79 bits per heavy atom. The van der Waals surface area contributed by atoms with Crippen LogP contribution in [0, 0.1) is 0 Å². The lowest BCUT2D eigenvalue weighted by Crippen LogP contribution is -3.16. The highest BCUT2D eigenvalue weighted by Crippen LogP contribution is 2.11. The highest BCUT2D eigenvalue weighted by Gasteiger charge is 2.25. The van der Waals surface area contributed by atoms with Crippen molar-refractivity contribution < 1.29 is 19.2 Å². The summed E-state index contributed by atoms with van der Waals surface area (Å²) in [7, 11) is 0. The molecule has 3 atom stereocenters. The Bertz CT molecular complexity index is 412. The molecule has 0 bridgehead atoms. The topological polar surface area (TPSA) is 40.0 Å². The predicted molar refractivity (Wildman–Crippen MR) is 72.9 cm³/mol. The average molecular weight is 264 g/mol. The molecule has 0 amide bonds. The number of nitrogens with one attached hydrogen (secondary N) is 1. The van der Waals surface area contributed by atoms with Crippen LogP contribution >= 0.6 is 0 Å². The molecule has 0 radical (unpaired) electrons. The SMILES string of the molecule is C[C@@H]1C[NH+](CCOc2cccc(C=O)c2)C[C@H](C)O1. The zero-order valence-electron chi connectivity index (χ0n) is 11.6. The van der Waals surface area contributed by atoms with Crippen LogP contribution in [0.15, 0.2) is 24.3 Å². The smallest absolute Gasteiger partial charge is 0.150 e. The first-order chi connectivity index (χ1) is 9.17. The van der Waals surface area contributed by atoms with E-state index >= 15 is 0 Å². The lowest BCUT2D eigenvalue weighted by Gasteiger charge is -2.32. The highest BCUT2D eigenvalue weighted by atomic mass is 16.5. The molecule has 1 saturated heterocycles. The fraction of sp³-hybridized carbons (Fsp3) is 0.533. The molecule has 1 aliphatic rings. The van der Waals surface area contributed by atoms with Crippen LogP contribution in [0.1, 0.15) is 24.2 Å². The first-order valence-corrected chi connectivity index (χ1v) is 6.84. The van der Waals surface area contributed by atoms with Gasteiger partial charge in [-0.3, -0.25) is 4.79 Å². The molecule has 1 unspecified atom stereocenters. The normalized spacial score (nSPS) is 26.9. The number of aldehydes is 1. The monoisotopic (exact) mass is 264 g/mol. The number of morpholine rings is 1. The first-order valence-electron chi connectivity index (χ1n) is 6.84. The van der Waals surface area contributed by atoms with Crippen molar-refractivity contribution in [2.24, 2.45) is 0 Å². The van der Waals surface area contributed by atoms with Crippen molar-refractivity contribution in [2.45, 2.75) is 26.1 Å². The second-order valence-corrected chi connectivity index (χ2v) is 5.20. The van der Waals surface area contributed by atoms with Crippen molar-refractivity contribution in [1.82, 2.24) is 0 Å². The van der Waals surface area contributed by atoms with Gasteiger partial charge in [-0.2, -0.15) is 0 Å². The maximum absolute atomic E-state index is 10.7. The molecule has 4 heteroatoms. The highest BCUT2D eigenvalue weighted by molar-refractivity contribution is 5.75. The van der Waals surface area contributed by atoms with Gasteiger partial charge in [-0.1, -0.05) is 12.1 Å². The second-order valence-electron chi connectivity index (χ2n) is 5.20. The first kappa shape index (κ1) is 14.0. The minimum absolute atomic E-state index is 0.317. The van der Waals surface area contributed by atoms with Crippen LogP contribution in [-0.2, 0) is 4.74 Å². The van der Waals surface area contributed by atoms with Crippen LogP contribution in [0.3, 0.4) is 0 Å². The van der Waals surface area contributed by atoms with E-state index in [1.165, 1.54) is 4.90 Å². The van der Waals surface area contributed by atoms with Crippen molar-refractivity contribution in [3.05, 3.63) is 29.8 Å². The summed E-state index contributed by atoms with van der Waals surface area (Å²) in [4.78, 5) is 12.2. The Hall–Kier alpha value is -1.39. The van der Waals surface area contributed by atoms with Crippen LogP contribution < -0.4 is 9.64 Å². The van der Waals surface area contributed by atoms with Crippen LogP contribution in [0.4, 0.5) is 0 Å². The van der Waals surface area contributed by atoms with Gasteiger partial charge in [-0.25, -0.2) is 0 Å². The van der Waals surface area contributed by atoms with Gasteiger partial charge in [-0.15, -0.1) is 0 Å². The van der Waals surface area contributed by atoms with Gasteiger partial charge in [0.05, 0.1) is 0 Å². The van der Waals surface area contributed by atoms with Crippen LogP contribution in [-0.4, -0.2) is 44.7 Å². The largest absolute Gasteiger partial charge is 0.488 e. The molecule has 1 aromatic carbocycles. The third-order valence-electron chi connectivity index (χ3n) is 3.34. The van der Waals surface area contributed by atoms with E-state index in [1.54, 1.807) is 12.1 Å². The molecule has 1 aromatic rings. The summed E-state index contributed by atoms with van der Waals surface area (Å²) in [6.45, 7) is 7.92. The summed E-state index contributed by atoms with van der Waals surface area (Å²) >= 11 is 0. The third kappa shape index (κ3) is 4.33. The van der Waals surface area contributed by atoms with Crippen molar-refractivity contribution >= 4 is 6.29 Å². The van der Waals surface area contributed by atoms with Gasteiger partial charge in [-0.05, 0) is 26.0 Å². The van der Waals surface area contributed by atoms with E-state index in [1.807, 2.05) is 12.1 Å². The summed E-state index contributed by atoms with van der Waals surface area (Å²) in [5, 5.41) is 0. The van der Waals surface area contributed by atoms with Crippen molar-refractivity contribution in [3.8, 4) is 5.75 Å². The number of hydrogen-bond donors (Lipinski definition) is 1. The molecule has 1 fully saturated rings. The molecule has 0 aliphatic carbocycles. The van der Waals surface area contributed by atoms with Gasteiger partial charge in [0, 0.05) is 5.56 Å². The molecule has 19 heavy (non-hydrogen) atoms. The van der Waals surface area contributed by atoms with E-state index in [-0.39, 0.29) is 0 Å². The number of ether oxygens (including phenoxy) is 2. The fourth-order valence-corrected chi connectivity index (χ4v) is 2.58. The van der Waals surface area contributed by atoms with Gasteiger partial charge in [0.15, 0.2) is 0 Å². The Labute approximate surface area is 114 Å². The standard InChI is InChI=1S/C15H21NO3/c1-12-9-16(10-13(2)19-12)6-7-18-15-5-3-4-14(8-15)11-17/h3-5,8,11-13H,6-7,9-10H2,1-2H3/p+1/t12-,13+. The van der Waals surface area contributed by atoms with Gasteiger partial charge < -0.3 is 14.4 Å². The van der Waals surface area contributed by atoms with E-state index in [2.05, 4.69) is 13.8 Å². The van der Waals surface area contributed by atoms with Gasteiger partial charge >= 0.3 is 0 Å². The molecule has 1 heterocycles. The van der Waals surface area contributed by atoms with Crippen molar-refractivity contribution in [1.29, 1.82) is 0 Å². The van der Waals surface area contributed by atoms with E-state index in [9.17, 15) is 4.79 Å². The molecule has 0 aromatic heterocycles. The van der Waals surface area contributed by atoms with Crippen molar-refractivity contribution in [3.63, 3.8) is 0 Å².